The van der Waals surface area contributed by atoms with Gasteiger partial charge in [-0.3, -0.25) is 4.57 Å². The van der Waals surface area contributed by atoms with E-state index in [-0.39, 0.29) is 6.61 Å². The van der Waals surface area contributed by atoms with Gasteiger partial charge in [-0.05, 0) is 12.0 Å². The normalized spacial score (nSPS) is 10.9. The molecule has 0 saturated heterocycles. The molecule has 0 aliphatic carbocycles. The standard InChI is InChI=1S/C17H22N6O/c1-2-9-23-15-14(12-19-16(22-15)18-8-10-24)21-17(23)20-11-13-6-4-3-5-7-13/h3-7,12,24H,2,8-11H2,1H3,(H,20,21)(H,18,19,22). The highest BCUT2D eigenvalue weighted by molar-refractivity contribution is 5.74. The Morgan fingerprint density at radius 2 is 1.96 bits per heavy atom. The van der Waals surface area contributed by atoms with Gasteiger partial charge in [0.2, 0.25) is 11.9 Å². The Labute approximate surface area is 140 Å². The second kappa shape index (κ2) is 7.74. The fourth-order valence-corrected chi connectivity index (χ4v) is 2.52. The molecule has 0 amide bonds. The van der Waals surface area contributed by atoms with Crippen molar-refractivity contribution in [3.05, 3.63) is 42.1 Å². The van der Waals surface area contributed by atoms with Gasteiger partial charge in [-0.2, -0.15) is 4.98 Å². The minimum atomic E-state index is 0.0412. The Bertz CT molecular complexity index is 786. The summed E-state index contributed by atoms with van der Waals surface area (Å²) in [7, 11) is 0. The number of nitrogens with zero attached hydrogens (tertiary/aromatic N) is 4. The number of hydrogen-bond donors (Lipinski definition) is 3. The van der Waals surface area contributed by atoms with E-state index in [1.807, 2.05) is 18.2 Å². The van der Waals surface area contributed by atoms with Crippen LogP contribution < -0.4 is 10.6 Å². The van der Waals surface area contributed by atoms with Crippen molar-refractivity contribution in [2.24, 2.45) is 0 Å². The van der Waals surface area contributed by atoms with Crippen LogP contribution in [0.5, 0.6) is 0 Å². The van der Waals surface area contributed by atoms with Crippen molar-refractivity contribution in [2.75, 3.05) is 23.8 Å². The number of benzene rings is 1. The maximum absolute atomic E-state index is 8.92. The van der Waals surface area contributed by atoms with Crippen LogP contribution in [0.1, 0.15) is 18.9 Å². The summed E-state index contributed by atoms with van der Waals surface area (Å²) in [6, 6.07) is 10.2. The highest BCUT2D eigenvalue weighted by Gasteiger charge is 2.12. The predicted molar refractivity (Wildman–Crippen MR) is 95.0 cm³/mol. The van der Waals surface area contributed by atoms with Gasteiger partial charge >= 0.3 is 0 Å². The molecule has 0 spiro atoms. The van der Waals surface area contributed by atoms with Gasteiger partial charge < -0.3 is 15.7 Å². The fourth-order valence-electron chi connectivity index (χ4n) is 2.52. The molecule has 3 rings (SSSR count). The van der Waals surface area contributed by atoms with Gasteiger partial charge in [0.1, 0.15) is 5.52 Å². The number of fused-ring (bicyclic) bond motifs is 1. The van der Waals surface area contributed by atoms with Crippen LogP contribution >= 0.6 is 0 Å². The van der Waals surface area contributed by atoms with Crippen molar-refractivity contribution in [3.63, 3.8) is 0 Å². The Balaban J connectivity index is 1.87. The van der Waals surface area contributed by atoms with Crippen LogP contribution in [0.25, 0.3) is 11.2 Å². The van der Waals surface area contributed by atoms with E-state index in [0.29, 0.717) is 19.0 Å². The van der Waals surface area contributed by atoms with Crippen LogP contribution in [0.2, 0.25) is 0 Å². The van der Waals surface area contributed by atoms with E-state index < -0.39 is 0 Å². The summed E-state index contributed by atoms with van der Waals surface area (Å²) in [6.07, 6.45) is 2.69. The number of rotatable bonds is 8. The average molecular weight is 326 g/mol. The van der Waals surface area contributed by atoms with E-state index in [1.54, 1.807) is 6.20 Å². The van der Waals surface area contributed by atoms with Crippen molar-refractivity contribution < 1.29 is 5.11 Å². The lowest BCUT2D eigenvalue weighted by molar-refractivity contribution is 0.311. The number of anilines is 2. The Morgan fingerprint density at radius 3 is 2.71 bits per heavy atom. The molecule has 0 atom stereocenters. The monoisotopic (exact) mass is 326 g/mol. The lowest BCUT2D eigenvalue weighted by Gasteiger charge is -2.09. The molecular formula is C17H22N6O. The molecule has 0 aliphatic rings. The lowest BCUT2D eigenvalue weighted by Crippen LogP contribution is -2.10. The van der Waals surface area contributed by atoms with E-state index in [1.165, 1.54) is 5.56 Å². The third-order valence-electron chi connectivity index (χ3n) is 3.62. The summed E-state index contributed by atoms with van der Waals surface area (Å²) in [5.74, 6) is 1.30. The van der Waals surface area contributed by atoms with Crippen molar-refractivity contribution in [1.82, 2.24) is 19.5 Å². The van der Waals surface area contributed by atoms with Gasteiger partial charge in [0.25, 0.3) is 0 Å². The average Bonchev–Trinajstić information content (AvgIpc) is 2.96. The van der Waals surface area contributed by atoms with Crippen molar-refractivity contribution in [1.29, 1.82) is 0 Å². The fraction of sp³-hybridized carbons (Fsp3) is 0.353. The van der Waals surface area contributed by atoms with Crippen LogP contribution in [0.3, 0.4) is 0 Å². The SMILES string of the molecule is CCCn1c(NCc2ccccc2)nc2cnc(NCCO)nc21. The van der Waals surface area contributed by atoms with Crippen LogP contribution in [0.15, 0.2) is 36.5 Å². The van der Waals surface area contributed by atoms with Gasteiger partial charge in [-0.15, -0.1) is 0 Å². The lowest BCUT2D eigenvalue weighted by atomic mass is 10.2. The third-order valence-corrected chi connectivity index (χ3v) is 3.62. The first-order valence-corrected chi connectivity index (χ1v) is 8.17. The molecule has 3 aromatic rings. The maximum Gasteiger partial charge on any atom is 0.224 e. The zero-order valence-electron chi connectivity index (χ0n) is 13.7. The van der Waals surface area contributed by atoms with Crippen molar-refractivity contribution in [2.45, 2.75) is 26.4 Å². The minimum absolute atomic E-state index is 0.0412. The summed E-state index contributed by atoms with van der Waals surface area (Å²) in [5, 5.41) is 15.3. The summed E-state index contributed by atoms with van der Waals surface area (Å²) in [6.45, 7) is 4.12. The highest BCUT2D eigenvalue weighted by Crippen LogP contribution is 2.19. The van der Waals surface area contributed by atoms with Gasteiger partial charge in [-0.1, -0.05) is 37.3 Å². The number of aliphatic hydroxyl groups is 1. The molecule has 7 nitrogen and oxygen atoms in total. The van der Waals surface area contributed by atoms with E-state index in [2.05, 4.69) is 49.2 Å². The smallest absolute Gasteiger partial charge is 0.224 e. The molecule has 1 aromatic carbocycles. The number of hydrogen-bond acceptors (Lipinski definition) is 6. The summed E-state index contributed by atoms with van der Waals surface area (Å²) < 4.78 is 2.07. The Morgan fingerprint density at radius 1 is 1.12 bits per heavy atom. The topological polar surface area (TPSA) is 87.9 Å². The molecule has 3 N–H and O–H groups in total. The van der Waals surface area contributed by atoms with Crippen LogP contribution in [-0.2, 0) is 13.1 Å². The molecule has 0 bridgehead atoms. The second-order valence-electron chi connectivity index (χ2n) is 5.48. The van der Waals surface area contributed by atoms with Crippen molar-refractivity contribution in [3.8, 4) is 0 Å². The minimum Gasteiger partial charge on any atom is -0.395 e. The largest absolute Gasteiger partial charge is 0.395 e. The number of aromatic nitrogens is 4. The maximum atomic E-state index is 8.92. The molecule has 0 aliphatic heterocycles. The van der Waals surface area contributed by atoms with Gasteiger partial charge in [0, 0.05) is 19.6 Å². The zero-order valence-corrected chi connectivity index (χ0v) is 13.7. The second-order valence-corrected chi connectivity index (χ2v) is 5.48. The first-order valence-electron chi connectivity index (χ1n) is 8.17. The van der Waals surface area contributed by atoms with E-state index >= 15 is 0 Å². The number of nitrogens with one attached hydrogen (secondary N) is 2. The number of imidazole rings is 1. The molecule has 0 unspecified atom stereocenters. The first-order chi connectivity index (χ1) is 11.8. The highest BCUT2D eigenvalue weighted by atomic mass is 16.3. The summed E-state index contributed by atoms with van der Waals surface area (Å²) >= 11 is 0. The number of aryl methyl sites for hydroxylation is 1. The van der Waals surface area contributed by atoms with E-state index in [0.717, 1.165) is 30.1 Å². The predicted octanol–water partition coefficient (Wildman–Crippen LogP) is 2.25. The first kappa shape index (κ1) is 16.2. The summed E-state index contributed by atoms with van der Waals surface area (Å²) in [4.78, 5) is 13.4. The van der Waals surface area contributed by atoms with E-state index in [9.17, 15) is 0 Å². The summed E-state index contributed by atoms with van der Waals surface area (Å²) in [5.41, 5.74) is 2.75. The van der Waals surface area contributed by atoms with Crippen LogP contribution in [0, 0.1) is 0 Å². The Kier molecular flexibility index (Phi) is 5.22. The molecule has 24 heavy (non-hydrogen) atoms. The van der Waals surface area contributed by atoms with E-state index in [4.69, 9.17) is 5.11 Å². The van der Waals surface area contributed by atoms with Gasteiger partial charge in [-0.25, -0.2) is 9.97 Å². The quantitative estimate of drug-likeness (QED) is 0.588. The van der Waals surface area contributed by atoms with Gasteiger partial charge in [0.15, 0.2) is 5.65 Å². The molecule has 0 saturated carbocycles. The molecule has 0 radical (unpaired) electrons. The number of aliphatic hydroxyl groups excluding tert-OH is 1. The molecule has 2 heterocycles. The molecule has 0 fully saturated rings. The molecule has 2 aromatic heterocycles. The zero-order chi connectivity index (χ0) is 16.8. The molecule has 126 valence electrons. The Hall–Kier alpha value is -2.67. The molecular weight excluding hydrogens is 304 g/mol. The molecule has 7 heteroatoms. The van der Waals surface area contributed by atoms with Crippen LogP contribution in [0.4, 0.5) is 11.9 Å². The van der Waals surface area contributed by atoms with Gasteiger partial charge in [0.05, 0.1) is 12.8 Å². The third kappa shape index (κ3) is 3.62. The van der Waals surface area contributed by atoms with Crippen LogP contribution in [-0.4, -0.2) is 37.8 Å². The van der Waals surface area contributed by atoms with Crippen molar-refractivity contribution >= 4 is 23.1 Å².